The van der Waals surface area contributed by atoms with Crippen LogP contribution in [0.4, 0.5) is 11.5 Å². The molecule has 7 heteroatoms. The Balaban J connectivity index is 1.61. The summed E-state index contributed by atoms with van der Waals surface area (Å²) < 4.78 is 0. The van der Waals surface area contributed by atoms with Gasteiger partial charge in [-0.1, -0.05) is 11.6 Å². The van der Waals surface area contributed by atoms with Crippen LogP contribution in [0.3, 0.4) is 0 Å². The maximum absolute atomic E-state index is 12.5. The molecule has 1 aromatic carbocycles. The van der Waals surface area contributed by atoms with E-state index >= 15 is 0 Å². The quantitative estimate of drug-likeness (QED) is 0.701. The van der Waals surface area contributed by atoms with Crippen LogP contribution in [0.2, 0.25) is 5.02 Å². The minimum Gasteiger partial charge on any atom is -0.340 e. The maximum atomic E-state index is 12.5. The van der Waals surface area contributed by atoms with E-state index in [1.165, 1.54) is 0 Å². The van der Waals surface area contributed by atoms with Crippen molar-refractivity contribution in [1.82, 2.24) is 20.1 Å². The van der Waals surface area contributed by atoms with Gasteiger partial charge in [0.1, 0.15) is 0 Å². The minimum absolute atomic E-state index is 0.161. The number of aromatic nitrogens is 3. The van der Waals surface area contributed by atoms with E-state index < -0.39 is 0 Å². The highest BCUT2D eigenvalue weighted by Crippen LogP contribution is 2.22. The van der Waals surface area contributed by atoms with E-state index in [2.05, 4.69) is 20.5 Å². The van der Waals surface area contributed by atoms with Gasteiger partial charge in [-0.3, -0.25) is 9.78 Å². The number of likely N-dealkylation sites (N-methyl/N-ethyl adjacent to an activating group) is 1. The van der Waals surface area contributed by atoms with Crippen molar-refractivity contribution in [1.29, 1.82) is 0 Å². The molecule has 0 spiro atoms. The van der Waals surface area contributed by atoms with Gasteiger partial charge >= 0.3 is 0 Å². The number of benzene rings is 1. The summed E-state index contributed by atoms with van der Waals surface area (Å²) in [5, 5.41) is 12.0. The number of pyridine rings is 1. The Kier molecular flexibility index (Phi) is 5.98. The Morgan fingerprint density at radius 3 is 2.56 bits per heavy atom. The summed E-state index contributed by atoms with van der Waals surface area (Å²) in [5.41, 5.74) is 3.33. The van der Waals surface area contributed by atoms with Crippen molar-refractivity contribution >= 4 is 29.0 Å². The van der Waals surface area contributed by atoms with E-state index in [-0.39, 0.29) is 5.91 Å². The Morgan fingerprint density at radius 2 is 1.89 bits per heavy atom. The van der Waals surface area contributed by atoms with Gasteiger partial charge in [0.15, 0.2) is 11.5 Å². The number of anilines is 2. The number of rotatable bonds is 6. The number of nitrogens with zero attached hydrogens (tertiary/aromatic N) is 4. The first kappa shape index (κ1) is 18.8. The number of carbonyl (C=O) groups is 1. The van der Waals surface area contributed by atoms with Gasteiger partial charge in [-0.2, -0.15) is 0 Å². The third kappa shape index (κ3) is 5.01. The average molecular weight is 382 g/mol. The first-order valence-electron chi connectivity index (χ1n) is 8.54. The SMILES string of the molecule is Cc1cc(Cl)ccc1Nc1ccc(C(=O)N(C)CCc2ccncc2)nn1. The molecule has 0 fully saturated rings. The van der Waals surface area contributed by atoms with Gasteiger partial charge in [0.05, 0.1) is 0 Å². The van der Waals surface area contributed by atoms with Crippen molar-refractivity contribution in [3.63, 3.8) is 0 Å². The number of hydrogen-bond acceptors (Lipinski definition) is 5. The summed E-state index contributed by atoms with van der Waals surface area (Å²) in [6.45, 7) is 2.55. The molecule has 1 N–H and O–H groups in total. The summed E-state index contributed by atoms with van der Waals surface area (Å²) in [4.78, 5) is 18.1. The van der Waals surface area contributed by atoms with Crippen LogP contribution in [0.15, 0.2) is 54.9 Å². The van der Waals surface area contributed by atoms with Crippen molar-refractivity contribution in [3.8, 4) is 0 Å². The molecule has 2 heterocycles. The molecule has 3 aromatic rings. The fourth-order valence-electron chi connectivity index (χ4n) is 2.56. The predicted molar refractivity (Wildman–Crippen MR) is 106 cm³/mol. The number of halogens is 1. The predicted octanol–water partition coefficient (Wildman–Crippen LogP) is 3.89. The van der Waals surface area contributed by atoms with Crippen LogP contribution >= 0.6 is 11.6 Å². The van der Waals surface area contributed by atoms with Crippen molar-refractivity contribution in [3.05, 3.63) is 76.7 Å². The number of hydrogen-bond donors (Lipinski definition) is 1. The smallest absolute Gasteiger partial charge is 0.274 e. The molecule has 1 amide bonds. The first-order chi connectivity index (χ1) is 13.0. The van der Waals surface area contributed by atoms with E-state index in [1.807, 2.05) is 31.2 Å². The second-order valence-corrected chi connectivity index (χ2v) is 6.66. The van der Waals surface area contributed by atoms with Crippen LogP contribution in [0, 0.1) is 6.92 Å². The normalized spacial score (nSPS) is 10.5. The molecule has 0 bridgehead atoms. The standard InChI is InChI=1S/C20H20ClN5O/c1-14-13-16(21)3-4-17(14)23-19-6-5-18(24-25-19)20(27)26(2)12-9-15-7-10-22-11-8-15/h3-8,10-11,13H,9,12H2,1-2H3,(H,23,25). The highest BCUT2D eigenvalue weighted by atomic mass is 35.5. The molecule has 0 radical (unpaired) electrons. The fourth-order valence-corrected chi connectivity index (χ4v) is 2.79. The van der Waals surface area contributed by atoms with Gasteiger partial charge in [0.25, 0.3) is 5.91 Å². The molecule has 0 aliphatic carbocycles. The molecule has 0 saturated heterocycles. The molecule has 0 saturated carbocycles. The summed E-state index contributed by atoms with van der Waals surface area (Å²) in [6.07, 6.45) is 4.25. The minimum atomic E-state index is -0.161. The molecule has 2 aromatic heterocycles. The first-order valence-corrected chi connectivity index (χ1v) is 8.92. The van der Waals surface area contributed by atoms with Crippen LogP contribution < -0.4 is 5.32 Å². The molecule has 0 aliphatic rings. The molecule has 3 rings (SSSR count). The zero-order chi connectivity index (χ0) is 19.2. The Bertz CT molecular complexity index is 915. The molecule has 0 aliphatic heterocycles. The van der Waals surface area contributed by atoms with Gasteiger partial charge < -0.3 is 10.2 Å². The lowest BCUT2D eigenvalue weighted by molar-refractivity contribution is 0.0789. The van der Waals surface area contributed by atoms with Gasteiger partial charge in [0, 0.05) is 36.7 Å². The Morgan fingerprint density at radius 1 is 1.11 bits per heavy atom. The van der Waals surface area contributed by atoms with E-state index in [0.29, 0.717) is 23.1 Å². The monoisotopic (exact) mass is 381 g/mol. The Hall–Kier alpha value is -2.99. The molecule has 0 atom stereocenters. The summed E-state index contributed by atoms with van der Waals surface area (Å²) in [5.74, 6) is 0.405. The van der Waals surface area contributed by atoms with E-state index in [4.69, 9.17) is 11.6 Å². The Labute approximate surface area is 163 Å². The summed E-state index contributed by atoms with van der Waals surface area (Å²) >= 11 is 5.97. The molecular weight excluding hydrogens is 362 g/mol. The fraction of sp³-hybridized carbons (Fsp3) is 0.200. The average Bonchev–Trinajstić information content (AvgIpc) is 2.69. The van der Waals surface area contributed by atoms with Crippen molar-refractivity contribution < 1.29 is 4.79 Å². The van der Waals surface area contributed by atoms with E-state index in [1.54, 1.807) is 42.5 Å². The molecule has 27 heavy (non-hydrogen) atoms. The van der Waals surface area contributed by atoms with Gasteiger partial charge in [-0.05, 0) is 66.9 Å². The van der Waals surface area contributed by atoms with Gasteiger partial charge in [-0.25, -0.2) is 0 Å². The highest BCUT2D eigenvalue weighted by molar-refractivity contribution is 6.30. The lowest BCUT2D eigenvalue weighted by atomic mass is 10.2. The number of nitrogens with one attached hydrogen (secondary N) is 1. The second-order valence-electron chi connectivity index (χ2n) is 6.22. The lowest BCUT2D eigenvalue weighted by Gasteiger charge is -2.16. The summed E-state index contributed by atoms with van der Waals surface area (Å²) in [6, 6.07) is 12.9. The third-order valence-corrected chi connectivity index (χ3v) is 4.40. The van der Waals surface area contributed by atoms with Crippen LogP contribution in [-0.2, 0) is 6.42 Å². The molecular formula is C20H20ClN5O. The maximum Gasteiger partial charge on any atom is 0.274 e. The van der Waals surface area contributed by atoms with Crippen molar-refractivity contribution in [2.45, 2.75) is 13.3 Å². The van der Waals surface area contributed by atoms with Crippen LogP contribution in [0.25, 0.3) is 0 Å². The zero-order valence-electron chi connectivity index (χ0n) is 15.2. The summed E-state index contributed by atoms with van der Waals surface area (Å²) in [7, 11) is 1.76. The van der Waals surface area contributed by atoms with Gasteiger partial charge in [0.2, 0.25) is 0 Å². The van der Waals surface area contributed by atoms with Gasteiger partial charge in [-0.15, -0.1) is 10.2 Å². The number of carbonyl (C=O) groups excluding carboxylic acids is 1. The lowest BCUT2D eigenvalue weighted by Crippen LogP contribution is -2.29. The van der Waals surface area contributed by atoms with E-state index in [9.17, 15) is 4.79 Å². The van der Waals surface area contributed by atoms with Crippen LogP contribution in [-0.4, -0.2) is 39.6 Å². The molecule has 0 unspecified atom stereocenters. The topological polar surface area (TPSA) is 71.0 Å². The van der Waals surface area contributed by atoms with Crippen molar-refractivity contribution in [2.75, 3.05) is 18.9 Å². The highest BCUT2D eigenvalue weighted by Gasteiger charge is 2.14. The zero-order valence-corrected chi connectivity index (χ0v) is 15.9. The molecule has 138 valence electrons. The number of amides is 1. The number of aryl methyl sites for hydroxylation is 1. The van der Waals surface area contributed by atoms with Crippen molar-refractivity contribution in [2.24, 2.45) is 0 Å². The van der Waals surface area contributed by atoms with Crippen LogP contribution in [0.1, 0.15) is 21.6 Å². The second kappa shape index (κ2) is 8.60. The van der Waals surface area contributed by atoms with Crippen LogP contribution in [0.5, 0.6) is 0 Å². The molecule has 6 nitrogen and oxygen atoms in total. The largest absolute Gasteiger partial charge is 0.340 e. The third-order valence-electron chi connectivity index (χ3n) is 4.17. The van der Waals surface area contributed by atoms with E-state index in [0.717, 1.165) is 23.2 Å².